The molecule has 1 aliphatic heterocycles. The van der Waals surface area contributed by atoms with Crippen molar-refractivity contribution in [1.29, 1.82) is 0 Å². The topological polar surface area (TPSA) is 23.5 Å². The first-order valence-electron chi connectivity index (χ1n) is 7.26. The van der Waals surface area contributed by atoms with Crippen LogP contribution in [-0.2, 0) is 6.61 Å². The number of hydrogen-bond acceptors (Lipinski definition) is 2. The molecule has 1 heterocycles. The Balaban J connectivity index is 1.93. The van der Waals surface area contributed by atoms with E-state index >= 15 is 0 Å². The summed E-state index contributed by atoms with van der Waals surface area (Å²) in [5.74, 6) is 0.895. The Labute approximate surface area is 110 Å². The lowest BCUT2D eigenvalue weighted by atomic mass is 9.91. The van der Waals surface area contributed by atoms with E-state index in [-0.39, 0.29) is 6.61 Å². The van der Waals surface area contributed by atoms with Crippen LogP contribution in [0.15, 0.2) is 18.2 Å². The maximum absolute atomic E-state index is 9.59. The minimum absolute atomic E-state index is 0.158. The Hall–Kier alpha value is -1.02. The molecule has 1 aliphatic carbocycles. The van der Waals surface area contributed by atoms with Gasteiger partial charge in [0.25, 0.3) is 0 Å². The third kappa shape index (κ3) is 2.03. The largest absolute Gasteiger partial charge is 0.392 e. The number of benzene rings is 1. The van der Waals surface area contributed by atoms with Crippen LogP contribution in [0.4, 0.5) is 5.69 Å². The van der Waals surface area contributed by atoms with Crippen molar-refractivity contribution < 1.29 is 5.11 Å². The minimum atomic E-state index is 0.158. The van der Waals surface area contributed by atoms with E-state index < -0.39 is 0 Å². The number of rotatable bonds is 2. The van der Waals surface area contributed by atoms with Crippen LogP contribution in [0.5, 0.6) is 0 Å². The molecule has 0 spiro atoms. The first-order valence-corrected chi connectivity index (χ1v) is 7.26. The zero-order chi connectivity index (χ0) is 12.5. The zero-order valence-corrected chi connectivity index (χ0v) is 11.2. The summed E-state index contributed by atoms with van der Waals surface area (Å²) in [7, 11) is 0. The number of anilines is 1. The average Bonchev–Trinajstić information content (AvgIpc) is 2.86. The van der Waals surface area contributed by atoms with Crippen molar-refractivity contribution in [2.75, 3.05) is 11.4 Å². The van der Waals surface area contributed by atoms with E-state index in [0.717, 1.165) is 24.1 Å². The highest BCUT2D eigenvalue weighted by atomic mass is 16.3. The first kappa shape index (κ1) is 12.0. The average molecular weight is 245 g/mol. The van der Waals surface area contributed by atoms with Crippen LogP contribution in [0.1, 0.15) is 43.2 Å². The van der Waals surface area contributed by atoms with Gasteiger partial charge in [-0.15, -0.1) is 0 Å². The van der Waals surface area contributed by atoms with Gasteiger partial charge in [-0.2, -0.15) is 0 Å². The molecular formula is C16H23NO. The van der Waals surface area contributed by atoms with Gasteiger partial charge in [0.1, 0.15) is 0 Å². The maximum atomic E-state index is 9.59. The summed E-state index contributed by atoms with van der Waals surface area (Å²) in [5, 5.41) is 9.59. The summed E-state index contributed by atoms with van der Waals surface area (Å²) >= 11 is 0. The van der Waals surface area contributed by atoms with Crippen LogP contribution in [0, 0.1) is 12.8 Å². The van der Waals surface area contributed by atoms with Gasteiger partial charge < -0.3 is 10.0 Å². The number of aliphatic hydroxyl groups excluding tert-OH is 1. The summed E-state index contributed by atoms with van der Waals surface area (Å²) in [4.78, 5) is 2.58. The van der Waals surface area contributed by atoms with Gasteiger partial charge in [0.2, 0.25) is 0 Å². The molecule has 1 aromatic rings. The quantitative estimate of drug-likeness (QED) is 0.864. The lowest BCUT2D eigenvalue weighted by molar-refractivity contribution is 0.280. The van der Waals surface area contributed by atoms with Crippen LogP contribution in [0.3, 0.4) is 0 Å². The van der Waals surface area contributed by atoms with E-state index in [2.05, 4.69) is 30.0 Å². The molecule has 18 heavy (non-hydrogen) atoms. The van der Waals surface area contributed by atoms with Crippen molar-refractivity contribution in [1.82, 2.24) is 0 Å². The predicted octanol–water partition coefficient (Wildman–Crippen LogP) is 3.26. The number of aliphatic hydroxyl groups is 1. The van der Waals surface area contributed by atoms with Gasteiger partial charge in [-0.1, -0.05) is 24.1 Å². The van der Waals surface area contributed by atoms with Crippen molar-refractivity contribution >= 4 is 5.69 Å². The Morgan fingerprint density at radius 3 is 2.89 bits per heavy atom. The van der Waals surface area contributed by atoms with E-state index in [9.17, 15) is 5.11 Å². The molecule has 1 saturated carbocycles. The van der Waals surface area contributed by atoms with E-state index in [1.54, 1.807) is 0 Å². The lowest BCUT2D eigenvalue weighted by Crippen LogP contribution is -2.43. The Morgan fingerprint density at radius 2 is 2.06 bits per heavy atom. The van der Waals surface area contributed by atoms with E-state index in [1.165, 1.54) is 43.4 Å². The Kier molecular flexibility index (Phi) is 3.29. The molecule has 2 aliphatic rings. The van der Waals surface area contributed by atoms with Crippen molar-refractivity contribution in [2.45, 2.75) is 51.7 Å². The van der Waals surface area contributed by atoms with E-state index in [0.29, 0.717) is 0 Å². The van der Waals surface area contributed by atoms with Gasteiger partial charge in [0.15, 0.2) is 0 Å². The van der Waals surface area contributed by atoms with Gasteiger partial charge in [-0.3, -0.25) is 0 Å². The minimum Gasteiger partial charge on any atom is -0.392 e. The number of aryl methyl sites for hydroxylation is 1. The van der Waals surface area contributed by atoms with Gasteiger partial charge in [0, 0.05) is 23.8 Å². The summed E-state index contributed by atoms with van der Waals surface area (Å²) in [6, 6.07) is 7.24. The molecule has 0 amide bonds. The van der Waals surface area contributed by atoms with Crippen molar-refractivity contribution in [3.05, 3.63) is 29.3 Å². The number of piperidine rings is 1. The number of fused-ring (bicyclic) bond motifs is 1. The fourth-order valence-electron chi connectivity index (χ4n) is 3.87. The Morgan fingerprint density at radius 1 is 1.22 bits per heavy atom. The lowest BCUT2D eigenvalue weighted by Gasteiger charge is -2.40. The summed E-state index contributed by atoms with van der Waals surface area (Å²) < 4.78 is 0. The first-order chi connectivity index (χ1) is 8.79. The SMILES string of the molecule is Cc1ccc(N2CCCC3CCCC32)c(CO)c1. The fraction of sp³-hybridized carbons (Fsp3) is 0.625. The van der Waals surface area contributed by atoms with Gasteiger partial charge in [0.05, 0.1) is 6.61 Å². The third-order valence-electron chi connectivity index (χ3n) is 4.71. The highest BCUT2D eigenvalue weighted by molar-refractivity contribution is 5.56. The van der Waals surface area contributed by atoms with Crippen LogP contribution in [-0.4, -0.2) is 17.7 Å². The number of nitrogens with zero attached hydrogens (tertiary/aromatic N) is 1. The van der Waals surface area contributed by atoms with Crippen LogP contribution in [0.2, 0.25) is 0 Å². The Bertz CT molecular complexity index is 429. The van der Waals surface area contributed by atoms with Gasteiger partial charge >= 0.3 is 0 Å². The molecule has 2 atom stereocenters. The molecule has 0 bridgehead atoms. The normalized spacial score (nSPS) is 27.3. The summed E-state index contributed by atoms with van der Waals surface area (Å²) in [6.07, 6.45) is 6.83. The van der Waals surface area contributed by atoms with Gasteiger partial charge in [-0.25, -0.2) is 0 Å². The van der Waals surface area contributed by atoms with Gasteiger partial charge in [-0.05, 0) is 44.6 Å². The molecule has 2 fully saturated rings. The maximum Gasteiger partial charge on any atom is 0.0702 e. The second-order valence-electron chi connectivity index (χ2n) is 5.88. The van der Waals surface area contributed by atoms with Crippen molar-refractivity contribution in [3.63, 3.8) is 0 Å². The molecule has 0 aromatic heterocycles. The molecule has 2 unspecified atom stereocenters. The molecular weight excluding hydrogens is 222 g/mol. The number of hydrogen-bond donors (Lipinski definition) is 1. The second-order valence-corrected chi connectivity index (χ2v) is 5.88. The standard InChI is InChI=1S/C16H23NO/c1-12-7-8-16(14(10-12)11-18)17-9-3-5-13-4-2-6-15(13)17/h7-8,10,13,15,18H,2-6,9,11H2,1H3. The zero-order valence-electron chi connectivity index (χ0n) is 11.2. The van der Waals surface area contributed by atoms with E-state index in [1.807, 2.05) is 0 Å². The monoisotopic (exact) mass is 245 g/mol. The van der Waals surface area contributed by atoms with E-state index in [4.69, 9.17) is 0 Å². The summed E-state index contributed by atoms with van der Waals surface area (Å²) in [6.45, 7) is 3.42. The highest BCUT2D eigenvalue weighted by Gasteiger charge is 2.35. The molecule has 98 valence electrons. The molecule has 3 rings (SSSR count). The molecule has 1 saturated heterocycles. The molecule has 1 aromatic carbocycles. The third-order valence-corrected chi connectivity index (χ3v) is 4.71. The smallest absolute Gasteiger partial charge is 0.0702 e. The van der Waals surface area contributed by atoms with Crippen molar-refractivity contribution in [3.8, 4) is 0 Å². The molecule has 2 nitrogen and oxygen atoms in total. The van der Waals surface area contributed by atoms with Crippen LogP contribution in [0.25, 0.3) is 0 Å². The molecule has 2 heteroatoms. The van der Waals surface area contributed by atoms with Crippen LogP contribution < -0.4 is 4.90 Å². The van der Waals surface area contributed by atoms with Crippen LogP contribution >= 0.6 is 0 Å². The summed E-state index contributed by atoms with van der Waals surface area (Å²) in [5.41, 5.74) is 3.62. The molecule has 1 N–H and O–H groups in total. The predicted molar refractivity (Wildman–Crippen MR) is 74.8 cm³/mol. The highest BCUT2D eigenvalue weighted by Crippen LogP contribution is 2.40. The molecule has 0 radical (unpaired) electrons. The van der Waals surface area contributed by atoms with Crippen molar-refractivity contribution in [2.24, 2.45) is 5.92 Å². The fourth-order valence-corrected chi connectivity index (χ4v) is 3.87. The second kappa shape index (κ2) is 4.93.